The molecule has 0 saturated carbocycles. The molecule has 1 aromatic carbocycles. The van der Waals surface area contributed by atoms with Gasteiger partial charge in [0.1, 0.15) is 17.2 Å². The third kappa shape index (κ3) is 4.60. The van der Waals surface area contributed by atoms with Crippen LogP contribution in [0.3, 0.4) is 0 Å². The number of aryl methyl sites for hydroxylation is 2. The Balaban J connectivity index is 1.82. The standard InChI is InChI=1S/C26H30N4O4S/c1-15-11-27-21(17(3)24(15)33-6)13-30-23-9-8-19(32-5)10-20(23)29-26(30)35(31)14-22-18(4)25(34-7)16(2)12-28-22/h8-12H,13-14H2,1-7H3/i5D3. The van der Waals surface area contributed by atoms with E-state index in [0.29, 0.717) is 27.6 Å². The van der Waals surface area contributed by atoms with Crippen LogP contribution in [0.5, 0.6) is 17.2 Å². The number of imidazole rings is 1. The summed E-state index contributed by atoms with van der Waals surface area (Å²) in [4.78, 5) is 13.8. The predicted octanol–water partition coefficient (Wildman–Crippen LogP) is 4.44. The smallest absolute Gasteiger partial charge is 0.200 e. The van der Waals surface area contributed by atoms with Crippen molar-refractivity contribution in [3.63, 3.8) is 0 Å². The fourth-order valence-electron chi connectivity index (χ4n) is 4.26. The Labute approximate surface area is 212 Å². The number of hydrogen-bond donors (Lipinski definition) is 0. The molecule has 0 spiro atoms. The summed E-state index contributed by atoms with van der Waals surface area (Å²) in [6.07, 6.45) is 3.44. The van der Waals surface area contributed by atoms with Gasteiger partial charge in [0.25, 0.3) is 0 Å². The average Bonchev–Trinajstić information content (AvgIpc) is 3.20. The van der Waals surface area contributed by atoms with E-state index in [4.69, 9.17) is 18.3 Å². The molecular weight excluding hydrogens is 464 g/mol. The van der Waals surface area contributed by atoms with Gasteiger partial charge in [-0.2, -0.15) is 0 Å². The van der Waals surface area contributed by atoms with Crippen LogP contribution in [-0.4, -0.2) is 45.0 Å². The molecule has 0 aliphatic carbocycles. The first-order valence-corrected chi connectivity index (χ1v) is 12.3. The highest BCUT2D eigenvalue weighted by atomic mass is 32.2. The third-order valence-corrected chi connectivity index (χ3v) is 7.34. The number of nitrogens with zero attached hydrogens (tertiary/aromatic N) is 4. The quantitative estimate of drug-likeness (QED) is 0.356. The van der Waals surface area contributed by atoms with Gasteiger partial charge in [0.15, 0.2) is 0 Å². The Morgan fingerprint density at radius 3 is 2.20 bits per heavy atom. The van der Waals surface area contributed by atoms with Crippen molar-refractivity contribution in [2.24, 2.45) is 0 Å². The summed E-state index contributed by atoms with van der Waals surface area (Å²) in [6, 6.07) is 4.81. The van der Waals surface area contributed by atoms with Gasteiger partial charge in [-0.25, -0.2) is 4.98 Å². The second kappa shape index (κ2) is 10.0. The van der Waals surface area contributed by atoms with E-state index < -0.39 is 17.8 Å². The summed E-state index contributed by atoms with van der Waals surface area (Å²) in [6.45, 7) is 7.93. The second-order valence-corrected chi connectivity index (χ2v) is 9.66. The lowest BCUT2D eigenvalue weighted by Crippen LogP contribution is -2.12. The number of pyridine rings is 2. The molecule has 1 atom stereocenters. The highest BCUT2D eigenvalue weighted by molar-refractivity contribution is 7.84. The Morgan fingerprint density at radius 1 is 0.943 bits per heavy atom. The first kappa shape index (κ1) is 20.9. The maximum Gasteiger partial charge on any atom is 0.200 e. The zero-order valence-corrected chi connectivity index (χ0v) is 21.4. The van der Waals surface area contributed by atoms with Crippen LogP contribution in [0, 0.1) is 27.7 Å². The number of rotatable bonds is 8. The lowest BCUT2D eigenvalue weighted by Gasteiger charge is -2.15. The number of fused-ring (bicyclic) bond motifs is 1. The van der Waals surface area contributed by atoms with Gasteiger partial charge in [0.2, 0.25) is 5.16 Å². The van der Waals surface area contributed by atoms with Crippen molar-refractivity contribution in [2.45, 2.75) is 45.1 Å². The summed E-state index contributed by atoms with van der Waals surface area (Å²) in [5.41, 5.74) is 5.99. The summed E-state index contributed by atoms with van der Waals surface area (Å²) in [5, 5.41) is 0.313. The molecule has 184 valence electrons. The summed E-state index contributed by atoms with van der Waals surface area (Å²) in [5.74, 6) is 1.71. The zero-order valence-electron chi connectivity index (χ0n) is 23.6. The van der Waals surface area contributed by atoms with Gasteiger partial charge in [0, 0.05) is 40.7 Å². The molecular formula is C26H30N4O4S. The van der Waals surface area contributed by atoms with Crippen molar-refractivity contribution in [3.8, 4) is 17.2 Å². The molecule has 9 heteroatoms. The van der Waals surface area contributed by atoms with Gasteiger partial charge in [-0.05, 0) is 39.8 Å². The lowest BCUT2D eigenvalue weighted by atomic mass is 10.1. The fraction of sp³-hybridized carbons (Fsp3) is 0.346. The molecule has 0 amide bonds. The van der Waals surface area contributed by atoms with Gasteiger partial charge in [-0.1, -0.05) is 0 Å². The number of ether oxygens (including phenoxy) is 3. The molecule has 35 heavy (non-hydrogen) atoms. The molecule has 0 aliphatic heterocycles. The number of methoxy groups -OCH3 is 3. The highest BCUT2D eigenvalue weighted by Crippen LogP contribution is 2.30. The topological polar surface area (TPSA) is 88.4 Å². The molecule has 3 aromatic heterocycles. The van der Waals surface area contributed by atoms with Crippen molar-refractivity contribution < 1.29 is 22.5 Å². The van der Waals surface area contributed by atoms with E-state index in [0.717, 1.165) is 33.7 Å². The van der Waals surface area contributed by atoms with Crippen LogP contribution >= 0.6 is 0 Å². The maximum absolute atomic E-state index is 13.8. The summed E-state index contributed by atoms with van der Waals surface area (Å²) < 4.78 is 54.0. The Morgan fingerprint density at radius 2 is 1.57 bits per heavy atom. The van der Waals surface area contributed by atoms with Crippen molar-refractivity contribution in [2.75, 3.05) is 21.3 Å². The molecule has 0 aliphatic rings. The molecule has 0 saturated heterocycles. The van der Waals surface area contributed by atoms with E-state index in [1.54, 1.807) is 38.7 Å². The maximum atomic E-state index is 13.8. The Hall–Kier alpha value is -3.46. The van der Waals surface area contributed by atoms with E-state index in [2.05, 4.69) is 15.0 Å². The van der Waals surface area contributed by atoms with Crippen molar-refractivity contribution in [1.82, 2.24) is 19.5 Å². The lowest BCUT2D eigenvalue weighted by molar-refractivity contribution is 0.406. The normalized spacial score (nSPS) is 13.7. The van der Waals surface area contributed by atoms with Gasteiger partial charge < -0.3 is 18.8 Å². The van der Waals surface area contributed by atoms with Crippen molar-refractivity contribution in [1.29, 1.82) is 0 Å². The minimum absolute atomic E-state index is 0.119. The van der Waals surface area contributed by atoms with E-state index in [1.165, 1.54) is 6.07 Å². The Kier molecular flexibility index (Phi) is 5.98. The SMILES string of the molecule is [2H]C([2H])([2H])Oc1ccc2c(c1)nc(S(=O)Cc1ncc(C)c(OC)c1C)n2Cc1ncc(C)c(OC)c1C. The highest BCUT2D eigenvalue weighted by Gasteiger charge is 2.22. The zero-order chi connectivity index (χ0) is 27.8. The van der Waals surface area contributed by atoms with Crippen LogP contribution in [0.15, 0.2) is 35.7 Å². The van der Waals surface area contributed by atoms with E-state index >= 15 is 0 Å². The van der Waals surface area contributed by atoms with Gasteiger partial charge in [-0.15, -0.1) is 0 Å². The van der Waals surface area contributed by atoms with Gasteiger partial charge in [0.05, 0.1) is 70.9 Å². The predicted molar refractivity (Wildman–Crippen MR) is 136 cm³/mol. The van der Waals surface area contributed by atoms with E-state index in [1.807, 2.05) is 32.3 Å². The monoisotopic (exact) mass is 497 g/mol. The number of aromatic nitrogens is 4. The van der Waals surface area contributed by atoms with Crippen molar-refractivity contribution in [3.05, 3.63) is 64.2 Å². The van der Waals surface area contributed by atoms with Crippen LogP contribution in [0.4, 0.5) is 0 Å². The fourth-order valence-corrected chi connectivity index (χ4v) is 5.54. The van der Waals surface area contributed by atoms with Gasteiger partial charge >= 0.3 is 0 Å². The molecule has 0 bridgehead atoms. The van der Waals surface area contributed by atoms with Crippen LogP contribution in [0.1, 0.15) is 37.8 Å². The first-order valence-electron chi connectivity index (χ1n) is 12.5. The second-order valence-electron chi connectivity index (χ2n) is 8.32. The average molecular weight is 498 g/mol. The van der Waals surface area contributed by atoms with Crippen LogP contribution in [0.25, 0.3) is 11.0 Å². The summed E-state index contributed by atoms with van der Waals surface area (Å²) >= 11 is 0. The first-order chi connectivity index (χ1) is 17.9. The largest absolute Gasteiger partial charge is 0.497 e. The Bertz CT molecular complexity index is 1540. The third-order valence-electron chi connectivity index (χ3n) is 6.08. The molecule has 1 unspecified atom stereocenters. The molecule has 4 aromatic rings. The van der Waals surface area contributed by atoms with E-state index in [-0.39, 0.29) is 18.0 Å². The van der Waals surface area contributed by atoms with Crippen LogP contribution < -0.4 is 14.2 Å². The van der Waals surface area contributed by atoms with Crippen LogP contribution in [0.2, 0.25) is 0 Å². The number of benzene rings is 1. The van der Waals surface area contributed by atoms with E-state index in [9.17, 15) is 4.21 Å². The van der Waals surface area contributed by atoms with Crippen molar-refractivity contribution >= 4 is 21.8 Å². The van der Waals surface area contributed by atoms with Gasteiger partial charge in [-0.3, -0.25) is 14.2 Å². The molecule has 0 N–H and O–H groups in total. The minimum atomic E-state index is -2.60. The molecule has 3 heterocycles. The minimum Gasteiger partial charge on any atom is -0.497 e. The number of hydrogen-bond acceptors (Lipinski definition) is 7. The molecule has 4 rings (SSSR count). The summed E-state index contributed by atoms with van der Waals surface area (Å²) in [7, 11) is -0.991. The molecule has 0 fully saturated rings. The molecule has 8 nitrogen and oxygen atoms in total. The van der Waals surface area contributed by atoms with Crippen LogP contribution in [-0.2, 0) is 23.1 Å². The molecule has 0 radical (unpaired) electrons.